The molecule has 9 heteroatoms. The van der Waals surface area contributed by atoms with Crippen LogP contribution in [0.3, 0.4) is 0 Å². The van der Waals surface area contributed by atoms with Crippen LogP contribution in [0.25, 0.3) is 16.2 Å². The molecule has 3 rings (SSSR count). The number of nitro benzene ring substituents is 1. The predicted molar refractivity (Wildman–Crippen MR) is 85.3 cm³/mol. The van der Waals surface area contributed by atoms with Gasteiger partial charge in [-0.3, -0.25) is 19.3 Å². The number of aldehydes is 1. The van der Waals surface area contributed by atoms with Crippen LogP contribution in [0.5, 0.6) is 0 Å². The maximum atomic E-state index is 11.5. The van der Waals surface area contributed by atoms with Crippen LogP contribution in [0.4, 0.5) is 5.69 Å². The normalized spacial score (nSPS) is 11.0. The zero-order valence-electron chi connectivity index (χ0n) is 11.0. The van der Waals surface area contributed by atoms with Crippen molar-refractivity contribution in [2.75, 3.05) is 0 Å². The maximum absolute atomic E-state index is 11.5. The van der Waals surface area contributed by atoms with Crippen LogP contribution >= 0.6 is 34.5 Å². The molecular formula is C13H7Cl2N3O3S. The van der Waals surface area contributed by atoms with Crippen molar-refractivity contribution >= 4 is 51.5 Å². The number of rotatable bonds is 3. The van der Waals surface area contributed by atoms with Gasteiger partial charge in [-0.2, -0.15) is 0 Å². The Balaban J connectivity index is 2.34. The van der Waals surface area contributed by atoms with Crippen molar-refractivity contribution in [1.82, 2.24) is 9.38 Å². The Morgan fingerprint density at radius 1 is 1.36 bits per heavy atom. The molecule has 0 fully saturated rings. The molecule has 6 nitrogen and oxygen atoms in total. The molecule has 2 aromatic heterocycles. The number of aromatic nitrogens is 2. The van der Waals surface area contributed by atoms with E-state index in [-0.39, 0.29) is 15.7 Å². The van der Waals surface area contributed by atoms with E-state index in [1.807, 2.05) is 12.3 Å². The molecular weight excluding hydrogens is 349 g/mol. The fourth-order valence-corrected chi connectivity index (χ4v) is 3.60. The second kappa shape index (κ2) is 5.35. The summed E-state index contributed by atoms with van der Waals surface area (Å²) in [4.78, 5) is 26.9. The van der Waals surface area contributed by atoms with E-state index in [9.17, 15) is 14.9 Å². The van der Waals surface area contributed by atoms with Gasteiger partial charge >= 0.3 is 0 Å². The first-order chi connectivity index (χ1) is 10.4. The SMILES string of the molecule is Cc1csc2nc(-c3cc([N+](=O)[O-])c(Cl)cc3Cl)c(C=O)n12. The van der Waals surface area contributed by atoms with Crippen molar-refractivity contribution in [3.05, 3.63) is 49.1 Å². The van der Waals surface area contributed by atoms with Crippen LogP contribution in [-0.2, 0) is 0 Å². The van der Waals surface area contributed by atoms with E-state index in [1.165, 1.54) is 23.5 Å². The van der Waals surface area contributed by atoms with Gasteiger partial charge in [0.2, 0.25) is 0 Å². The molecule has 0 spiro atoms. The van der Waals surface area contributed by atoms with Gasteiger partial charge in [0.25, 0.3) is 5.69 Å². The smallest absolute Gasteiger partial charge is 0.288 e. The van der Waals surface area contributed by atoms with E-state index in [0.29, 0.717) is 28.2 Å². The van der Waals surface area contributed by atoms with Gasteiger partial charge in [0.05, 0.1) is 9.95 Å². The van der Waals surface area contributed by atoms with Crippen LogP contribution < -0.4 is 0 Å². The van der Waals surface area contributed by atoms with E-state index >= 15 is 0 Å². The number of aryl methyl sites for hydroxylation is 1. The van der Waals surface area contributed by atoms with Crippen LogP contribution in [0.15, 0.2) is 17.5 Å². The number of benzene rings is 1. The number of nitrogens with zero attached hydrogens (tertiary/aromatic N) is 3. The first-order valence-corrected chi connectivity index (χ1v) is 7.63. The Kier molecular flexibility index (Phi) is 3.64. The molecule has 0 bridgehead atoms. The van der Waals surface area contributed by atoms with Crippen molar-refractivity contribution < 1.29 is 9.72 Å². The number of imidazole rings is 1. The molecule has 0 aliphatic carbocycles. The average molecular weight is 356 g/mol. The largest absolute Gasteiger partial charge is 0.296 e. The number of hydrogen-bond donors (Lipinski definition) is 0. The highest BCUT2D eigenvalue weighted by Gasteiger charge is 2.22. The first-order valence-electron chi connectivity index (χ1n) is 5.99. The van der Waals surface area contributed by atoms with Crippen LogP contribution in [-0.4, -0.2) is 20.6 Å². The molecule has 112 valence electrons. The minimum absolute atomic E-state index is 0.0661. The van der Waals surface area contributed by atoms with Gasteiger partial charge in [0.1, 0.15) is 16.4 Å². The summed E-state index contributed by atoms with van der Waals surface area (Å²) in [6.45, 7) is 1.84. The molecule has 0 saturated heterocycles. The number of hydrogen-bond acceptors (Lipinski definition) is 5. The Bertz CT molecular complexity index is 932. The third kappa shape index (κ3) is 2.18. The van der Waals surface area contributed by atoms with Gasteiger partial charge in [-0.1, -0.05) is 23.2 Å². The summed E-state index contributed by atoms with van der Waals surface area (Å²) >= 11 is 13.3. The minimum Gasteiger partial charge on any atom is -0.296 e. The Labute approximate surface area is 138 Å². The number of carbonyl (C=O) groups is 1. The number of thiazole rings is 1. The molecule has 0 amide bonds. The summed E-state index contributed by atoms with van der Waals surface area (Å²) in [6.07, 6.45) is 0.659. The molecule has 0 unspecified atom stereocenters. The average Bonchev–Trinajstić information content (AvgIpc) is 2.98. The minimum atomic E-state index is -0.605. The van der Waals surface area contributed by atoms with E-state index in [1.54, 1.807) is 4.40 Å². The van der Waals surface area contributed by atoms with Crippen molar-refractivity contribution in [2.45, 2.75) is 6.92 Å². The molecule has 0 saturated carbocycles. The molecule has 0 aliphatic rings. The van der Waals surface area contributed by atoms with Gasteiger partial charge in [0.15, 0.2) is 11.2 Å². The highest BCUT2D eigenvalue weighted by molar-refractivity contribution is 7.15. The number of halogens is 2. The highest BCUT2D eigenvalue weighted by Crippen LogP contribution is 2.38. The molecule has 0 aliphatic heterocycles. The quantitative estimate of drug-likeness (QED) is 0.396. The van der Waals surface area contributed by atoms with Gasteiger partial charge in [-0.25, -0.2) is 4.98 Å². The van der Waals surface area contributed by atoms with Crippen LogP contribution in [0.1, 0.15) is 16.2 Å². The second-order valence-corrected chi connectivity index (χ2v) is 6.15. The van der Waals surface area contributed by atoms with Crippen molar-refractivity contribution in [2.24, 2.45) is 0 Å². The van der Waals surface area contributed by atoms with E-state index < -0.39 is 4.92 Å². The number of carbonyl (C=O) groups excluding carboxylic acids is 1. The molecule has 22 heavy (non-hydrogen) atoms. The lowest BCUT2D eigenvalue weighted by Crippen LogP contribution is -1.95. The molecule has 0 atom stereocenters. The zero-order chi connectivity index (χ0) is 16.0. The zero-order valence-corrected chi connectivity index (χ0v) is 13.4. The van der Waals surface area contributed by atoms with Gasteiger partial charge in [-0.05, 0) is 13.0 Å². The fraction of sp³-hybridized carbons (Fsp3) is 0.0769. The van der Waals surface area contributed by atoms with Gasteiger partial charge < -0.3 is 0 Å². The predicted octanol–water partition coefficient (Wildman–Crippen LogP) is 4.40. The summed E-state index contributed by atoms with van der Waals surface area (Å²) in [5.74, 6) is 0. The molecule has 3 aromatic rings. The van der Waals surface area contributed by atoms with Gasteiger partial charge in [-0.15, -0.1) is 11.3 Å². The van der Waals surface area contributed by atoms with E-state index in [2.05, 4.69) is 4.98 Å². The monoisotopic (exact) mass is 355 g/mol. The topological polar surface area (TPSA) is 77.5 Å². The van der Waals surface area contributed by atoms with Crippen molar-refractivity contribution in [3.63, 3.8) is 0 Å². The second-order valence-electron chi connectivity index (χ2n) is 4.50. The van der Waals surface area contributed by atoms with E-state index in [0.717, 1.165) is 5.69 Å². The lowest BCUT2D eigenvalue weighted by Gasteiger charge is -2.04. The van der Waals surface area contributed by atoms with Gasteiger partial charge in [0, 0.05) is 22.7 Å². The maximum Gasteiger partial charge on any atom is 0.288 e. The summed E-state index contributed by atoms with van der Waals surface area (Å²) in [6, 6.07) is 2.52. The fourth-order valence-electron chi connectivity index (χ4n) is 2.19. The number of nitro groups is 1. The van der Waals surface area contributed by atoms with E-state index in [4.69, 9.17) is 23.2 Å². The van der Waals surface area contributed by atoms with Crippen molar-refractivity contribution in [1.29, 1.82) is 0 Å². The third-order valence-corrected chi connectivity index (χ3v) is 4.73. The third-order valence-electron chi connectivity index (χ3n) is 3.17. The van der Waals surface area contributed by atoms with Crippen molar-refractivity contribution in [3.8, 4) is 11.3 Å². The molecule has 0 N–H and O–H groups in total. The Hall–Kier alpha value is -1.96. The Morgan fingerprint density at radius 2 is 2.09 bits per heavy atom. The highest BCUT2D eigenvalue weighted by atomic mass is 35.5. The summed E-state index contributed by atoms with van der Waals surface area (Å²) < 4.78 is 1.68. The summed E-state index contributed by atoms with van der Waals surface area (Å²) in [5.41, 5.74) is 1.46. The van der Waals surface area contributed by atoms with Crippen LogP contribution in [0.2, 0.25) is 10.0 Å². The summed E-state index contributed by atoms with van der Waals surface area (Å²) in [7, 11) is 0. The lowest BCUT2D eigenvalue weighted by atomic mass is 10.1. The molecule has 0 radical (unpaired) electrons. The molecule has 2 heterocycles. The standard InChI is InChI=1S/C13H7Cl2N3O3S/c1-6-5-22-13-16-12(11(4-19)17(6)13)7-2-10(18(20)21)9(15)3-8(7)14/h2-5H,1H3. The first kappa shape index (κ1) is 15.0. The number of fused-ring (bicyclic) bond motifs is 1. The van der Waals surface area contributed by atoms with Crippen LogP contribution in [0, 0.1) is 17.0 Å². The lowest BCUT2D eigenvalue weighted by molar-refractivity contribution is -0.384. The Morgan fingerprint density at radius 3 is 2.73 bits per heavy atom. The molecule has 1 aromatic carbocycles. The summed E-state index contributed by atoms with van der Waals surface area (Å²) in [5, 5.41) is 13.0.